The third kappa shape index (κ3) is 3.14. The maximum Gasteiger partial charge on any atom is 0.0728 e. The maximum absolute atomic E-state index is 12.2. The highest BCUT2D eigenvalue weighted by molar-refractivity contribution is 7.93. The van der Waals surface area contributed by atoms with Gasteiger partial charge < -0.3 is 0 Å². The van der Waals surface area contributed by atoms with Crippen LogP contribution in [0.2, 0.25) is 0 Å². The van der Waals surface area contributed by atoms with E-state index >= 15 is 0 Å². The normalized spacial score (nSPS) is 16.0. The number of hydrogen-bond acceptors (Lipinski definition) is 2. The van der Waals surface area contributed by atoms with E-state index in [4.69, 9.17) is 0 Å². The summed E-state index contributed by atoms with van der Waals surface area (Å²) in [6.07, 6.45) is 1.69. The lowest BCUT2D eigenvalue weighted by atomic mass is 10.1. The Balaban J connectivity index is 3.23. The van der Waals surface area contributed by atoms with E-state index in [1.807, 2.05) is 51.1 Å². The number of nitrogens with zero attached hydrogens (tertiary/aromatic N) is 1. The monoisotopic (exact) mass is 211 g/mol. The first-order valence-electron chi connectivity index (χ1n) is 4.60. The molecule has 0 aromatic heterocycles. The molecule has 0 radical (unpaired) electrons. The predicted octanol–water partition coefficient (Wildman–Crippen LogP) is 2.94. The van der Waals surface area contributed by atoms with Crippen molar-refractivity contribution < 1.29 is 4.21 Å². The van der Waals surface area contributed by atoms with Crippen LogP contribution in [0.1, 0.15) is 20.8 Å². The van der Waals surface area contributed by atoms with Gasteiger partial charge in [0.2, 0.25) is 0 Å². The summed E-state index contributed by atoms with van der Waals surface area (Å²) in [5.41, 5.74) is -0.262. The van der Waals surface area contributed by atoms with Gasteiger partial charge in [-0.05, 0) is 32.9 Å². The predicted molar refractivity (Wildman–Crippen MR) is 61.0 cm³/mol. The Bertz CT molecular complexity index is 409. The van der Waals surface area contributed by atoms with E-state index < -0.39 is 9.73 Å². The van der Waals surface area contributed by atoms with Crippen molar-refractivity contribution in [1.29, 1.82) is 0 Å². The molecule has 0 N–H and O–H groups in total. The van der Waals surface area contributed by atoms with Crippen molar-refractivity contribution in [2.24, 2.45) is 4.36 Å². The minimum atomic E-state index is -2.24. The molecule has 0 aliphatic rings. The van der Waals surface area contributed by atoms with Gasteiger partial charge in [0.15, 0.2) is 0 Å². The van der Waals surface area contributed by atoms with Crippen molar-refractivity contribution in [3.63, 3.8) is 0 Å². The second kappa shape index (κ2) is 3.73. The molecular formula is C11H17NOS. The van der Waals surface area contributed by atoms with E-state index in [2.05, 4.69) is 4.36 Å². The Morgan fingerprint density at radius 3 is 2.07 bits per heavy atom. The summed E-state index contributed by atoms with van der Waals surface area (Å²) >= 11 is 0. The van der Waals surface area contributed by atoms with Crippen molar-refractivity contribution in [2.45, 2.75) is 31.2 Å². The van der Waals surface area contributed by atoms with Crippen molar-refractivity contribution in [3.8, 4) is 0 Å². The molecule has 0 heterocycles. The third-order valence-corrected chi connectivity index (χ3v) is 3.67. The molecule has 0 fully saturated rings. The molecule has 1 unspecified atom stereocenters. The van der Waals surface area contributed by atoms with E-state index in [1.54, 1.807) is 6.26 Å². The number of rotatable bonds is 1. The van der Waals surface area contributed by atoms with Crippen LogP contribution in [0.15, 0.2) is 39.6 Å². The number of hydrogen-bond donors (Lipinski definition) is 0. The summed E-state index contributed by atoms with van der Waals surface area (Å²) in [5, 5.41) is 0. The molecule has 0 bridgehead atoms. The Morgan fingerprint density at radius 1 is 1.14 bits per heavy atom. The first kappa shape index (κ1) is 11.2. The van der Waals surface area contributed by atoms with Crippen molar-refractivity contribution in [1.82, 2.24) is 0 Å². The van der Waals surface area contributed by atoms with Gasteiger partial charge in [-0.15, -0.1) is 0 Å². The van der Waals surface area contributed by atoms with Crippen LogP contribution in [0.3, 0.4) is 0 Å². The standard InChI is InChI=1S/C11H17NOS/c1-11(2,3)12-14(4,13)10-8-6-5-7-9-10/h5-9H,1-4H3. The van der Waals surface area contributed by atoms with Crippen molar-refractivity contribution >= 4 is 9.73 Å². The summed E-state index contributed by atoms with van der Waals surface area (Å²) in [6.45, 7) is 5.87. The van der Waals surface area contributed by atoms with Gasteiger partial charge in [-0.1, -0.05) is 18.2 Å². The van der Waals surface area contributed by atoms with Crippen molar-refractivity contribution in [2.75, 3.05) is 6.26 Å². The van der Waals surface area contributed by atoms with E-state index in [-0.39, 0.29) is 5.54 Å². The van der Waals surface area contributed by atoms with Gasteiger partial charge in [-0.25, -0.2) is 8.57 Å². The van der Waals surface area contributed by atoms with Crippen LogP contribution in [-0.2, 0) is 9.73 Å². The minimum Gasteiger partial charge on any atom is -0.245 e. The lowest BCUT2D eigenvalue weighted by molar-refractivity contribution is 0.582. The molecule has 1 atom stereocenters. The zero-order chi connectivity index (χ0) is 10.8. The second-order valence-electron chi connectivity index (χ2n) is 4.38. The molecule has 0 amide bonds. The average molecular weight is 211 g/mol. The Hall–Kier alpha value is -0.830. The van der Waals surface area contributed by atoms with Gasteiger partial charge in [0, 0.05) is 11.2 Å². The van der Waals surface area contributed by atoms with Gasteiger partial charge in [0.1, 0.15) is 0 Å². The summed E-state index contributed by atoms with van der Waals surface area (Å²) < 4.78 is 16.6. The first-order valence-corrected chi connectivity index (χ1v) is 6.52. The Morgan fingerprint density at radius 2 is 1.64 bits per heavy atom. The first-order chi connectivity index (χ1) is 6.31. The van der Waals surface area contributed by atoms with Crippen LogP contribution >= 0.6 is 0 Å². The summed E-state index contributed by atoms with van der Waals surface area (Å²) in [6, 6.07) is 9.40. The molecule has 3 heteroatoms. The van der Waals surface area contributed by atoms with Gasteiger partial charge in [0.05, 0.1) is 15.3 Å². The van der Waals surface area contributed by atoms with E-state index in [1.165, 1.54) is 0 Å². The highest BCUT2D eigenvalue weighted by Crippen LogP contribution is 2.16. The molecule has 0 aliphatic heterocycles. The summed E-state index contributed by atoms with van der Waals surface area (Å²) in [4.78, 5) is 0.801. The zero-order valence-corrected chi connectivity index (χ0v) is 9.97. The quantitative estimate of drug-likeness (QED) is 0.702. The molecule has 0 aliphatic carbocycles. The van der Waals surface area contributed by atoms with Crippen LogP contribution in [0.4, 0.5) is 0 Å². The molecule has 0 spiro atoms. The lowest BCUT2D eigenvalue weighted by Gasteiger charge is -2.15. The topological polar surface area (TPSA) is 29.4 Å². The third-order valence-electron chi connectivity index (χ3n) is 1.63. The molecule has 0 saturated carbocycles. The Labute approximate surface area is 86.5 Å². The fourth-order valence-electron chi connectivity index (χ4n) is 1.25. The van der Waals surface area contributed by atoms with Crippen LogP contribution < -0.4 is 0 Å². The summed E-state index contributed by atoms with van der Waals surface area (Å²) in [7, 11) is -2.24. The van der Waals surface area contributed by atoms with Crippen LogP contribution in [0.25, 0.3) is 0 Å². The highest BCUT2D eigenvalue weighted by atomic mass is 32.2. The smallest absolute Gasteiger partial charge is 0.0728 e. The molecular weight excluding hydrogens is 194 g/mol. The van der Waals surface area contributed by atoms with Gasteiger partial charge in [0.25, 0.3) is 0 Å². The van der Waals surface area contributed by atoms with Crippen LogP contribution in [0, 0.1) is 0 Å². The lowest BCUT2D eigenvalue weighted by Crippen LogP contribution is -2.13. The van der Waals surface area contributed by atoms with Crippen LogP contribution in [-0.4, -0.2) is 16.0 Å². The van der Waals surface area contributed by atoms with E-state index in [0.29, 0.717) is 0 Å². The minimum absolute atomic E-state index is 0.262. The molecule has 2 nitrogen and oxygen atoms in total. The Kier molecular flexibility index (Phi) is 3.00. The van der Waals surface area contributed by atoms with Crippen molar-refractivity contribution in [3.05, 3.63) is 30.3 Å². The zero-order valence-electron chi connectivity index (χ0n) is 9.15. The van der Waals surface area contributed by atoms with E-state index in [0.717, 1.165) is 4.90 Å². The largest absolute Gasteiger partial charge is 0.245 e. The molecule has 1 aromatic carbocycles. The highest BCUT2D eigenvalue weighted by Gasteiger charge is 2.13. The van der Waals surface area contributed by atoms with Crippen LogP contribution in [0.5, 0.6) is 0 Å². The molecule has 1 aromatic rings. The molecule has 1 rings (SSSR count). The molecule has 78 valence electrons. The summed E-state index contributed by atoms with van der Waals surface area (Å²) in [5.74, 6) is 0. The maximum atomic E-state index is 12.2. The fourth-order valence-corrected chi connectivity index (χ4v) is 3.06. The average Bonchev–Trinajstić information content (AvgIpc) is 2.01. The number of benzene rings is 1. The fraction of sp³-hybridized carbons (Fsp3) is 0.455. The molecule has 14 heavy (non-hydrogen) atoms. The van der Waals surface area contributed by atoms with Gasteiger partial charge in [-0.2, -0.15) is 0 Å². The SMILES string of the molecule is CC(C)(C)N=S(C)(=O)c1ccccc1. The van der Waals surface area contributed by atoms with Gasteiger partial charge >= 0.3 is 0 Å². The van der Waals surface area contributed by atoms with Gasteiger partial charge in [-0.3, -0.25) is 0 Å². The second-order valence-corrected chi connectivity index (χ2v) is 6.64. The van der Waals surface area contributed by atoms with E-state index in [9.17, 15) is 4.21 Å². The molecule has 0 saturated heterocycles.